The number of hydrogen-bond acceptors (Lipinski definition) is 0. The summed E-state index contributed by atoms with van der Waals surface area (Å²) in [4.78, 5) is 0. The predicted octanol–water partition coefficient (Wildman–Crippen LogP) is 9.52. The van der Waals surface area contributed by atoms with E-state index in [4.69, 9.17) is 0 Å². The second-order valence-corrected chi connectivity index (χ2v) is 9.37. The SMILES string of the molecule is C/C=C1\c2cc(C)ccc2C2=C(c3ccc(-c4ccccc4)cc3)C(CC)=C(CC)C21CC. The van der Waals surface area contributed by atoms with E-state index in [-0.39, 0.29) is 5.41 Å². The minimum atomic E-state index is 0.0123. The van der Waals surface area contributed by atoms with Crippen LogP contribution in [0.3, 0.4) is 0 Å². The van der Waals surface area contributed by atoms with Crippen LogP contribution < -0.4 is 0 Å². The molecule has 0 heteroatoms. The first-order valence-corrected chi connectivity index (χ1v) is 12.5. The maximum atomic E-state index is 2.41. The Bertz CT molecular complexity index is 1300. The maximum Gasteiger partial charge on any atom is 0.0429 e. The highest BCUT2D eigenvalue weighted by molar-refractivity contribution is 6.16. The Kier molecular flexibility index (Phi) is 5.49. The molecular weight excluding hydrogens is 396 g/mol. The van der Waals surface area contributed by atoms with Gasteiger partial charge in [-0.05, 0) is 83.2 Å². The van der Waals surface area contributed by atoms with Crippen molar-refractivity contribution in [2.45, 2.75) is 53.9 Å². The Balaban J connectivity index is 1.79. The summed E-state index contributed by atoms with van der Waals surface area (Å²) in [6.07, 6.45) is 5.66. The fourth-order valence-corrected chi connectivity index (χ4v) is 6.58. The standard InChI is InChI=1S/C33H34/c1-6-26-29(7-2)33(9-4)30(8-3)28-21-22(5)15-20-27(28)32(33)31(26)25-18-16-24(17-19-25)23-13-11-10-12-14-23/h8,10-21H,6-7,9H2,1-5H3/b30-8+. The minimum absolute atomic E-state index is 0.0123. The second-order valence-electron chi connectivity index (χ2n) is 9.37. The van der Waals surface area contributed by atoms with Crippen LogP contribution >= 0.6 is 0 Å². The molecule has 0 radical (unpaired) electrons. The van der Waals surface area contributed by atoms with E-state index in [2.05, 4.69) is 113 Å². The first kappa shape index (κ1) is 21.7. The molecule has 2 aliphatic rings. The summed E-state index contributed by atoms with van der Waals surface area (Å²) >= 11 is 0. The molecule has 0 fully saturated rings. The van der Waals surface area contributed by atoms with Gasteiger partial charge in [0.15, 0.2) is 0 Å². The van der Waals surface area contributed by atoms with Crippen molar-refractivity contribution in [3.05, 3.63) is 112 Å². The number of aryl methyl sites for hydroxylation is 1. The summed E-state index contributed by atoms with van der Waals surface area (Å²) in [5.74, 6) is 0. The molecular formula is C33H34. The van der Waals surface area contributed by atoms with Crippen molar-refractivity contribution in [2.75, 3.05) is 0 Å². The quantitative estimate of drug-likeness (QED) is 0.378. The van der Waals surface area contributed by atoms with Crippen molar-refractivity contribution in [1.29, 1.82) is 0 Å². The zero-order valence-corrected chi connectivity index (χ0v) is 20.6. The van der Waals surface area contributed by atoms with Crippen molar-refractivity contribution in [2.24, 2.45) is 5.41 Å². The van der Waals surface area contributed by atoms with Crippen LogP contribution in [0.1, 0.15) is 69.2 Å². The molecule has 0 amide bonds. The zero-order valence-electron chi connectivity index (χ0n) is 20.6. The van der Waals surface area contributed by atoms with Crippen LogP contribution in [0.2, 0.25) is 0 Å². The number of benzene rings is 3. The van der Waals surface area contributed by atoms with Gasteiger partial charge >= 0.3 is 0 Å². The molecule has 0 aliphatic heterocycles. The van der Waals surface area contributed by atoms with Crippen LogP contribution in [0.4, 0.5) is 0 Å². The number of rotatable bonds is 5. The van der Waals surface area contributed by atoms with Gasteiger partial charge < -0.3 is 0 Å². The molecule has 2 aliphatic carbocycles. The van der Waals surface area contributed by atoms with Gasteiger partial charge in [-0.15, -0.1) is 0 Å². The lowest BCUT2D eigenvalue weighted by Crippen LogP contribution is -2.19. The van der Waals surface area contributed by atoms with Crippen LogP contribution in [0, 0.1) is 12.3 Å². The molecule has 1 atom stereocenters. The third-order valence-corrected chi connectivity index (χ3v) is 7.86. The number of fused-ring (bicyclic) bond motifs is 3. The lowest BCUT2D eigenvalue weighted by atomic mass is 9.70. The van der Waals surface area contributed by atoms with Crippen molar-refractivity contribution in [1.82, 2.24) is 0 Å². The number of hydrogen-bond donors (Lipinski definition) is 0. The van der Waals surface area contributed by atoms with Crippen LogP contribution in [0.25, 0.3) is 27.8 Å². The molecule has 3 aromatic carbocycles. The largest absolute Gasteiger partial charge is 0.0826 e. The van der Waals surface area contributed by atoms with E-state index in [1.807, 2.05) is 0 Å². The first-order valence-electron chi connectivity index (χ1n) is 12.5. The minimum Gasteiger partial charge on any atom is -0.0826 e. The topological polar surface area (TPSA) is 0 Å². The molecule has 0 saturated carbocycles. The fraction of sp³-hybridized carbons (Fsp3) is 0.273. The van der Waals surface area contributed by atoms with Crippen LogP contribution in [-0.2, 0) is 0 Å². The molecule has 0 nitrogen and oxygen atoms in total. The second kappa shape index (κ2) is 8.34. The zero-order chi connectivity index (χ0) is 23.2. The summed E-state index contributed by atoms with van der Waals surface area (Å²) in [6, 6.07) is 27.0. The predicted molar refractivity (Wildman–Crippen MR) is 144 cm³/mol. The highest BCUT2D eigenvalue weighted by Crippen LogP contribution is 2.68. The molecule has 3 aromatic rings. The Labute approximate surface area is 199 Å². The summed E-state index contributed by atoms with van der Waals surface area (Å²) < 4.78 is 0. The Morgan fingerprint density at radius 3 is 2.00 bits per heavy atom. The van der Waals surface area contributed by atoms with Crippen LogP contribution in [-0.4, -0.2) is 0 Å². The monoisotopic (exact) mass is 430 g/mol. The van der Waals surface area contributed by atoms with Crippen molar-refractivity contribution in [3.63, 3.8) is 0 Å². The van der Waals surface area contributed by atoms with E-state index in [1.165, 1.54) is 44.5 Å². The molecule has 166 valence electrons. The van der Waals surface area contributed by atoms with E-state index in [1.54, 1.807) is 16.7 Å². The lowest BCUT2D eigenvalue weighted by molar-refractivity contribution is 0.597. The summed E-state index contributed by atoms with van der Waals surface area (Å²) in [7, 11) is 0. The fourth-order valence-electron chi connectivity index (χ4n) is 6.58. The van der Waals surface area contributed by atoms with Gasteiger partial charge in [-0.3, -0.25) is 0 Å². The number of allylic oxidation sites excluding steroid dienone is 6. The molecule has 1 unspecified atom stereocenters. The van der Waals surface area contributed by atoms with E-state index < -0.39 is 0 Å². The van der Waals surface area contributed by atoms with Gasteiger partial charge in [0.1, 0.15) is 0 Å². The Morgan fingerprint density at radius 2 is 1.39 bits per heavy atom. The average molecular weight is 431 g/mol. The molecule has 33 heavy (non-hydrogen) atoms. The molecule has 0 N–H and O–H groups in total. The first-order chi connectivity index (χ1) is 16.1. The third kappa shape index (κ3) is 3.04. The normalized spacial score (nSPS) is 20.6. The smallest absolute Gasteiger partial charge is 0.0429 e. The van der Waals surface area contributed by atoms with Gasteiger partial charge in [-0.2, -0.15) is 0 Å². The molecule has 0 spiro atoms. The average Bonchev–Trinajstić information content (AvgIpc) is 3.30. The highest BCUT2D eigenvalue weighted by atomic mass is 14.5. The van der Waals surface area contributed by atoms with E-state index in [0.29, 0.717) is 0 Å². The molecule has 0 heterocycles. The van der Waals surface area contributed by atoms with Gasteiger partial charge in [0, 0.05) is 5.41 Å². The molecule has 0 saturated heterocycles. The van der Waals surface area contributed by atoms with E-state index in [9.17, 15) is 0 Å². The molecule has 0 aromatic heterocycles. The molecule has 0 bridgehead atoms. The summed E-state index contributed by atoms with van der Waals surface area (Å²) in [5.41, 5.74) is 15.9. The highest BCUT2D eigenvalue weighted by Gasteiger charge is 2.52. The van der Waals surface area contributed by atoms with Gasteiger partial charge in [0.2, 0.25) is 0 Å². The van der Waals surface area contributed by atoms with Crippen molar-refractivity contribution >= 4 is 16.7 Å². The summed E-state index contributed by atoms with van der Waals surface area (Å²) in [6.45, 7) is 11.5. The van der Waals surface area contributed by atoms with Crippen molar-refractivity contribution < 1.29 is 0 Å². The third-order valence-electron chi connectivity index (χ3n) is 7.86. The molecule has 5 rings (SSSR count). The summed E-state index contributed by atoms with van der Waals surface area (Å²) in [5, 5.41) is 0. The van der Waals surface area contributed by atoms with Gasteiger partial charge in [-0.1, -0.05) is 111 Å². The Morgan fingerprint density at radius 1 is 0.727 bits per heavy atom. The van der Waals surface area contributed by atoms with Crippen LogP contribution in [0.5, 0.6) is 0 Å². The van der Waals surface area contributed by atoms with Crippen LogP contribution in [0.15, 0.2) is 90.0 Å². The maximum absolute atomic E-state index is 2.41. The van der Waals surface area contributed by atoms with Gasteiger partial charge in [-0.25, -0.2) is 0 Å². The van der Waals surface area contributed by atoms with E-state index >= 15 is 0 Å². The van der Waals surface area contributed by atoms with E-state index in [0.717, 1.165) is 19.3 Å². The van der Waals surface area contributed by atoms with Gasteiger partial charge in [0.25, 0.3) is 0 Å². The van der Waals surface area contributed by atoms with Crippen molar-refractivity contribution in [3.8, 4) is 11.1 Å². The van der Waals surface area contributed by atoms with Gasteiger partial charge in [0.05, 0.1) is 0 Å². The lowest BCUT2D eigenvalue weighted by Gasteiger charge is -2.32. The Hall–Kier alpha value is -3.12.